The lowest BCUT2D eigenvalue weighted by atomic mass is 9.69. The summed E-state index contributed by atoms with van der Waals surface area (Å²) in [5.74, 6) is -0.111. The molecule has 24 heavy (non-hydrogen) atoms. The Bertz CT molecular complexity index is 766. The maximum absolute atomic E-state index is 13.0. The van der Waals surface area contributed by atoms with Crippen molar-refractivity contribution in [3.63, 3.8) is 0 Å². The molecular weight excluding hydrogens is 326 g/mol. The molecule has 0 radical (unpaired) electrons. The fraction of sp³-hybridized carbons (Fsp3) is 0.611. The van der Waals surface area contributed by atoms with Crippen LogP contribution in [0.4, 0.5) is 0 Å². The minimum atomic E-state index is -3.81. The van der Waals surface area contributed by atoms with Crippen molar-refractivity contribution in [1.29, 1.82) is 0 Å². The minimum absolute atomic E-state index is 0.0148. The topological polar surface area (TPSA) is 72.5 Å². The monoisotopic (exact) mass is 351 g/mol. The summed E-state index contributed by atoms with van der Waals surface area (Å²) in [6.07, 6.45) is 3.24. The molecule has 0 unspecified atom stereocenters. The Hall–Kier alpha value is -1.40. The van der Waals surface area contributed by atoms with Crippen LogP contribution < -0.4 is 4.72 Å². The van der Waals surface area contributed by atoms with Crippen LogP contribution in [0.5, 0.6) is 0 Å². The smallest absolute Gasteiger partial charge is 0.339 e. The minimum Gasteiger partial charge on any atom is -0.465 e. The van der Waals surface area contributed by atoms with Gasteiger partial charge >= 0.3 is 5.97 Å². The first-order valence-electron chi connectivity index (χ1n) is 8.31. The van der Waals surface area contributed by atoms with Crippen LogP contribution in [0, 0.1) is 16.7 Å². The van der Waals surface area contributed by atoms with E-state index in [1.54, 1.807) is 12.1 Å². The van der Waals surface area contributed by atoms with E-state index in [9.17, 15) is 13.2 Å². The molecule has 1 aromatic carbocycles. The molecule has 0 amide bonds. The fourth-order valence-corrected chi connectivity index (χ4v) is 6.52. The first kappa shape index (κ1) is 17.4. The Morgan fingerprint density at radius 1 is 1.25 bits per heavy atom. The molecule has 2 aliphatic carbocycles. The maximum atomic E-state index is 13.0. The number of fused-ring (bicyclic) bond motifs is 2. The number of ether oxygens (including phenoxy) is 1. The summed E-state index contributed by atoms with van der Waals surface area (Å²) in [4.78, 5) is 11.9. The third-order valence-electron chi connectivity index (χ3n) is 6.12. The first-order valence-corrected chi connectivity index (χ1v) is 9.80. The molecule has 132 valence electrons. The van der Waals surface area contributed by atoms with Gasteiger partial charge in [-0.15, -0.1) is 0 Å². The number of carbonyl (C=O) groups excluding carboxylic acids is 1. The van der Waals surface area contributed by atoms with Crippen LogP contribution in [0.2, 0.25) is 0 Å². The van der Waals surface area contributed by atoms with Gasteiger partial charge in [0, 0.05) is 6.04 Å². The number of carbonyl (C=O) groups is 1. The van der Waals surface area contributed by atoms with Gasteiger partial charge in [-0.3, -0.25) is 0 Å². The van der Waals surface area contributed by atoms with Crippen molar-refractivity contribution in [3.05, 3.63) is 29.8 Å². The molecule has 0 aliphatic heterocycles. The number of rotatable bonds is 4. The maximum Gasteiger partial charge on any atom is 0.339 e. The first-order chi connectivity index (χ1) is 11.1. The summed E-state index contributed by atoms with van der Waals surface area (Å²) in [6.45, 7) is 6.45. The molecule has 0 saturated heterocycles. The molecule has 3 atom stereocenters. The number of methoxy groups -OCH3 is 1. The Kier molecular flexibility index (Phi) is 4.04. The van der Waals surface area contributed by atoms with Gasteiger partial charge < -0.3 is 4.74 Å². The van der Waals surface area contributed by atoms with Crippen molar-refractivity contribution in [3.8, 4) is 0 Å². The van der Waals surface area contributed by atoms with E-state index in [1.165, 1.54) is 19.2 Å². The average molecular weight is 351 g/mol. The van der Waals surface area contributed by atoms with E-state index in [4.69, 9.17) is 4.74 Å². The normalized spacial score (nSPS) is 31.2. The largest absolute Gasteiger partial charge is 0.465 e. The molecule has 0 aromatic heterocycles. The highest BCUT2D eigenvalue weighted by molar-refractivity contribution is 7.89. The second-order valence-electron chi connectivity index (χ2n) is 7.96. The average Bonchev–Trinajstić information content (AvgIpc) is 3.02. The van der Waals surface area contributed by atoms with Crippen molar-refractivity contribution in [2.75, 3.05) is 7.11 Å². The van der Waals surface area contributed by atoms with Gasteiger partial charge in [-0.25, -0.2) is 17.9 Å². The number of sulfonamides is 1. The molecule has 3 rings (SSSR count). The van der Waals surface area contributed by atoms with Gasteiger partial charge in [-0.1, -0.05) is 32.9 Å². The quantitative estimate of drug-likeness (QED) is 0.847. The Labute approximate surface area is 143 Å². The molecule has 2 saturated carbocycles. The van der Waals surface area contributed by atoms with Gasteiger partial charge in [0.1, 0.15) is 0 Å². The van der Waals surface area contributed by atoms with E-state index in [0.717, 1.165) is 19.3 Å². The molecular formula is C18H25NO4S. The summed E-state index contributed by atoms with van der Waals surface area (Å²) >= 11 is 0. The van der Waals surface area contributed by atoms with Gasteiger partial charge in [0.15, 0.2) is 0 Å². The van der Waals surface area contributed by atoms with Gasteiger partial charge in [-0.2, -0.15) is 0 Å². The fourth-order valence-electron chi connectivity index (χ4n) is 4.79. The second kappa shape index (κ2) is 5.56. The zero-order valence-electron chi connectivity index (χ0n) is 14.6. The zero-order valence-corrected chi connectivity index (χ0v) is 15.4. The van der Waals surface area contributed by atoms with Crippen molar-refractivity contribution >= 4 is 16.0 Å². The summed E-state index contributed by atoms with van der Waals surface area (Å²) in [6, 6.07) is 6.05. The van der Waals surface area contributed by atoms with Crippen molar-refractivity contribution in [2.45, 2.75) is 51.0 Å². The molecule has 1 N–H and O–H groups in total. The number of hydrogen-bond acceptors (Lipinski definition) is 4. The number of esters is 1. The van der Waals surface area contributed by atoms with Crippen LogP contribution >= 0.6 is 0 Å². The van der Waals surface area contributed by atoms with Crippen molar-refractivity contribution < 1.29 is 17.9 Å². The van der Waals surface area contributed by atoms with E-state index in [0.29, 0.717) is 5.92 Å². The van der Waals surface area contributed by atoms with E-state index < -0.39 is 16.0 Å². The molecule has 6 heteroatoms. The molecule has 5 nitrogen and oxygen atoms in total. The lowest BCUT2D eigenvalue weighted by molar-refractivity contribution is 0.0596. The van der Waals surface area contributed by atoms with Crippen molar-refractivity contribution in [2.24, 2.45) is 16.7 Å². The third kappa shape index (κ3) is 2.56. The number of hydrogen-bond donors (Lipinski definition) is 1. The van der Waals surface area contributed by atoms with Crippen LogP contribution in [-0.2, 0) is 14.8 Å². The van der Waals surface area contributed by atoms with Crippen molar-refractivity contribution in [1.82, 2.24) is 4.72 Å². The lowest BCUT2D eigenvalue weighted by Gasteiger charge is -2.42. The predicted octanol–water partition coefficient (Wildman–Crippen LogP) is 2.97. The van der Waals surface area contributed by atoms with Crippen LogP contribution in [0.3, 0.4) is 0 Å². The number of benzene rings is 1. The van der Waals surface area contributed by atoms with Gasteiger partial charge in [-0.05, 0) is 48.1 Å². The summed E-state index contributed by atoms with van der Waals surface area (Å²) in [5, 5.41) is 0. The van der Waals surface area contributed by atoms with Gasteiger partial charge in [0.25, 0.3) is 0 Å². The van der Waals surface area contributed by atoms with Gasteiger partial charge in [0.2, 0.25) is 10.0 Å². The highest BCUT2D eigenvalue weighted by Gasteiger charge is 2.60. The van der Waals surface area contributed by atoms with Crippen LogP contribution in [0.1, 0.15) is 50.4 Å². The van der Waals surface area contributed by atoms with E-state index >= 15 is 0 Å². The van der Waals surface area contributed by atoms with Crippen LogP contribution in [-0.4, -0.2) is 27.5 Å². The third-order valence-corrected chi connectivity index (χ3v) is 7.61. The summed E-state index contributed by atoms with van der Waals surface area (Å²) in [7, 11) is -2.56. The Balaban J connectivity index is 1.98. The molecule has 2 fully saturated rings. The molecule has 2 aliphatic rings. The molecule has 0 spiro atoms. The lowest BCUT2D eigenvalue weighted by Crippen LogP contribution is -2.52. The Morgan fingerprint density at radius 3 is 2.50 bits per heavy atom. The van der Waals surface area contributed by atoms with Crippen LogP contribution in [0.25, 0.3) is 0 Å². The molecule has 1 aromatic rings. The second-order valence-corrected chi connectivity index (χ2v) is 9.64. The highest BCUT2D eigenvalue weighted by atomic mass is 32.2. The number of nitrogens with one attached hydrogen (secondary N) is 1. The van der Waals surface area contributed by atoms with E-state index in [-0.39, 0.29) is 27.3 Å². The van der Waals surface area contributed by atoms with Gasteiger partial charge in [0.05, 0.1) is 17.6 Å². The van der Waals surface area contributed by atoms with E-state index in [1.807, 2.05) is 0 Å². The molecule has 2 bridgehead atoms. The molecule has 0 heterocycles. The van der Waals surface area contributed by atoms with E-state index in [2.05, 4.69) is 25.5 Å². The Morgan fingerprint density at radius 2 is 1.92 bits per heavy atom. The van der Waals surface area contributed by atoms with Crippen LogP contribution in [0.15, 0.2) is 29.2 Å². The summed E-state index contributed by atoms with van der Waals surface area (Å²) in [5.41, 5.74) is -0.0551. The summed E-state index contributed by atoms with van der Waals surface area (Å²) < 4.78 is 33.7. The predicted molar refractivity (Wildman–Crippen MR) is 91.1 cm³/mol. The standard InChI is InChI=1S/C18H25NO4S/c1-17(2)12-9-10-18(3,11-12)16(17)19-24(21,22)14-8-6-5-7-13(14)15(20)23-4/h5-8,12,16,19H,9-11H2,1-4H3/t12-,16+,18+/m1/s1. The zero-order chi connectivity index (χ0) is 17.8. The highest BCUT2D eigenvalue weighted by Crippen LogP contribution is 2.62. The SMILES string of the molecule is COC(=O)c1ccccc1S(=O)(=O)N[C@H]1C(C)(C)[C@@H]2CC[C@@]1(C)C2.